The van der Waals surface area contributed by atoms with Gasteiger partial charge in [0, 0.05) is 0 Å². The van der Waals surface area contributed by atoms with E-state index >= 15 is 0 Å². The Kier molecular flexibility index (Phi) is 6.65. The minimum Gasteiger partial charge on any atom is -0.329 e. The molecule has 3 aromatic carbocycles. The number of aromatic nitrogens is 1. The van der Waals surface area contributed by atoms with Gasteiger partial charge in [0.2, 0.25) is 0 Å². The summed E-state index contributed by atoms with van der Waals surface area (Å²) in [4.78, 5) is 3.94. The van der Waals surface area contributed by atoms with Crippen LogP contribution in [0, 0.1) is 6.92 Å². The van der Waals surface area contributed by atoms with Gasteiger partial charge in [0.05, 0.1) is 42.2 Å². The zero-order chi connectivity index (χ0) is 24.8. The molecule has 0 saturated heterocycles. The van der Waals surface area contributed by atoms with Crippen molar-refractivity contribution in [2.24, 2.45) is 0 Å². The third-order valence-corrected chi connectivity index (χ3v) is 8.01. The summed E-state index contributed by atoms with van der Waals surface area (Å²) in [6.45, 7) is 1.97. The number of hydrogen-bond acceptors (Lipinski definition) is 5. The quantitative estimate of drug-likeness (QED) is 0.256. The van der Waals surface area contributed by atoms with Crippen molar-refractivity contribution in [3.8, 4) is 0 Å². The number of rotatable bonds is 5. The van der Waals surface area contributed by atoms with E-state index in [1.165, 1.54) is 23.5 Å². The number of sulfonamides is 1. The highest BCUT2D eigenvalue weighted by Crippen LogP contribution is 2.39. The number of thiazole rings is 1. The fourth-order valence-electron chi connectivity index (χ4n) is 3.05. The number of nitrogens with one attached hydrogen (secondary N) is 2. The molecule has 0 aliphatic carbocycles. The number of aryl methyl sites for hydroxylation is 1. The summed E-state index contributed by atoms with van der Waals surface area (Å²) in [5, 5.41) is 3.19. The maximum Gasteiger partial charge on any atom is 0.416 e. The van der Waals surface area contributed by atoms with Crippen molar-refractivity contribution >= 4 is 82.9 Å². The Labute approximate surface area is 211 Å². The fraction of sp³-hybridized carbons (Fsp3) is 0.0952. The topological polar surface area (TPSA) is 71.1 Å². The van der Waals surface area contributed by atoms with Crippen LogP contribution in [0.5, 0.6) is 0 Å². The molecule has 0 amide bonds. The van der Waals surface area contributed by atoms with Crippen LogP contribution in [0.1, 0.15) is 11.1 Å². The minimum atomic E-state index is -4.66. The van der Waals surface area contributed by atoms with Crippen molar-refractivity contribution in [2.45, 2.75) is 18.0 Å². The van der Waals surface area contributed by atoms with Crippen molar-refractivity contribution in [1.82, 2.24) is 4.98 Å². The number of alkyl halides is 3. The van der Waals surface area contributed by atoms with Crippen LogP contribution in [0.4, 0.5) is 29.7 Å². The summed E-state index contributed by atoms with van der Waals surface area (Å²) in [5.74, 6) is 0. The fourth-order valence-corrected chi connectivity index (χ4v) is 6.19. The summed E-state index contributed by atoms with van der Waals surface area (Å²) in [6.07, 6.45) is -4.66. The molecule has 4 rings (SSSR count). The van der Waals surface area contributed by atoms with Crippen molar-refractivity contribution in [2.75, 3.05) is 10.0 Å². The summed E-state index contributed by atoms with van der Waals surface area (Å²) in [6, 6.07) is 10.4. The second kappa shape index (κ2) is 9.09. The number of fused-ring (bicyclic) bond motifs is 1. The van der Waals surface area contributed by atoms with Gasteiger partial charge in [-0.1, -0.05) is 52.2 Å². The number of halogens is 6. The molecular formula is C21H13Cl3F3N3O2S2. The van der Waals surface area contributed by atoms with Gasteiger partial charge in [-0.05, 0) is 55.0 Å². The van der Waals surface area contributed by atoms with Crippen LogP contribution in [0.3, 0.4) is 0 Å². The van der Waals surface area contributed by atoms with Crippen molar-refractivity contribution < 1.29 is 21.6 Å². The molecule has 0 saturated carbocycles. The molecule has 1 heterocycles. The molecule has 0 spiro atoms. The second-order valence-electron chi connectivity index (χ2n) is 7.18. The van der Waals surface area contributed by atoms with Crippen LogP contribution < -0.4 is 10.0 Å². The van der Waals surface area contributed by atoms with Gasteiger partial charge in [0.1, 0.15) is 4.90 Å². The predicted octanol–water partition coefficient (Wildman–Crippen LogP) is 8.13. The van der Waals surface area contributed by atoms with Crippen molar-refractivity contribution in [3.63, 3.8) is 0 Å². The zero-order valence-electron chi connectivity index (χ0n) is 17.0. The first-order valence-electron chi connectivity index (χ1n) is 9.36. The maximum atomic E-state index is 12.8. The predicted molar refractivity (Wildman–Crippen MR) is 131 cm³/mol. The molecule has 0 unspecified atom stereocenters. The minimum absolute atomic E-state index is 0.00330. The summed E-state index contributed by atoms with van der Waals surface area (Å²) in [5.41, 5.74) is 1.13. The molecular weight excluding hydrogens is 554 g/mol. The largest absolute Gasteiger partial charge is 0.416 e. The average molecular weight is 567 g/mol. The van der Waals surface area contributed by atoms with Gasteiger partial charge in [0.15, 0.2) is 5.13 Å². The molecule has 0 fully saturated rings. The Morgan fingerprint density at radius 3 is 2.24 bits per heavy atom. The first-order valence-corrected chi connectivity index (χ1v) is 12.8. The van der Waals surface area contributed by atoms with E-state index < -0.39 is 31.7 Å². The van der Waals surface area contributed by atoms with Crippen LogP contribution in [0.25, 0.3) is 10.2 Å². The standard InChI is InChI=1S/C21H13Cl3F3N3O2S2/c1-10-2-4-16-17(6-10)33-20(28-16)29-19-14(23)8-12(9-15(19)24)30-34(31,32)18-5-3-11(7-13(18)22)21(25,26)27/h2-9,30H,1H3,(H,28,29). The molecule has 34 heavy (non-hydrogen) atoms. The summed E-state index contributed by atoms with van der Waals surface area (Å²) < 4.78 is 67.2. The van der Waals surface area contributed by atoms with E-state index in [0.29, 0.717) is 23.0 Å². The van der Waals surface area contributed by atoms with E-state index in [1.54, 1.807) is 0 Å². The van der Waals surface area contributed by atoms with Crippen LogP contribution in [0.15, 0.2) is 53.4 Å². The van der Waals surface area contributed by atoms with Gasteiger partial charge in [-0.15, -0.1) is 0 Å². The third kappa shape index (κ3) is 5.21. The van der Waals surface area contributed by atoms with Crippen molar-refractivity contribution in [3.05, 3.63) is 74.7 Å². The van der Waals surface area contributed by atoms with Gasteiger partial charge in [0.25, 0.3) is 10.0 Å². The molecule has 0 aliphatic rings. The first-order chi connectivity index (χ1) is 15.8. The average Bonchev–Trinajstić information content (AvgIpc) is 3.11. The third-order valence-electron chi connectivity index (χ3n) is 4.62. The summed E-state index contributed by atoms with van der Waals surface area (Å²) >= 11 is 19.9. The number of benzene rings is 3. The lowest BCUT2D eigenvalue weighted by atomic mass is 10.2. The molecule has 5 nitrogen and oxygen atoms in total. The zero-order valence-corrected chi connectivity index (χ0v) is 20.9. The molecule has 2 N–H and O–H groups in total. The molecule has 0 radical (unpaired) electrons. The van der Waals surface area contributed by atoms with E-state index in [0.717, 1.165) is 21.8 Å². The second-order valence-corrected chi connectivity index (χ2v) is 11.1. The highest BCUT2D eigenvalue weighted by molar-refractivity contribution is 7.92. The Balaban J connectivity index is 1.60. The lowest BCUT2D eigenvalue weighted by Crippen LogP contribution is -2.14. The molecule has 178 valence electrons. The normalized spacial score (nSPS) is 12.2. The van der Waals surface area contributed by atoms with E-state index in [1.807, 2.05) is 25.1 Å². The Morgan fingerprint density at radius 1 is 0.941 bits per heavy atom. The van der Waals surface area contributed by atoms with E-state index in [9.17, 15) is 21.6 Å². The smallest absolute Gasteiger partial charge is 0.329 e. The molecule has 0 aliphatic heterocycles. The Bertz CT molecular complexity index is 1500. The molecule has 4 aromatic rings. The van der Waals surface area contributed by atoms with Gasteiger partial charge >= 0.3 is 6.18 Å². The monoisotopic (exact) mass is 565 g/mol. The van der Waals surface area contributed by atoms with Gasteiger partial charge < -0.3 is 5.32 Å². The summed E-state index contributed by atoms with van der Waals surface area (Å²) in [7, 11) is -4.33. The van der Waals surface area contributed by atoms with Crippen LogP contribution in [-0.2, 0) is 16.2 Å². The van der Waals surface area contributed by atoms with Crippen molar-refractivity contribution in [1.29, 1.82) is 0 Å². The van der Waals surface area contributed by atoms with E-state index in [2.05, 4.69) is 15.0 Å². The molecule has 0 atom stereocenters. The number of nitrogens with zero attached hydrogens (tertiary/aromatic N) is 1. The highest BCUT2D eigenvalue weighted by atomic mass is 35.5. The van der Waals surface area contributed by atoms with Gasteiger partial charge in [-0.3, -0.25) is 4.72 Å². The Morgan fingerprint density at radius 2 is 1.62 bits per heavy atom. The molecule has 0 bridgehead atoms. The van der Waals surface area contributed by atoms with E-state index in [4.69, 9.17) is 34.8 Å². The van der Waals surface area contributed by atoms with Crippen LogP contribution in [-0.4, -0.2) is 13.4 Å². The highest BCUT2D eigenvalue weighted by Gasteiger charge is 2.32. The van der Waals surface area contributed by atoms with Crippen LogP contribution >= 0.6 is 46.1 Å². The van der Waals surface area contributed by atoms with Gasteiger partial charge in [-0.25, -0.2) is 13.4 Å². The Hall–Kier alpha value is -2.24. The van der Waals surface area contributed by atoms with Gasteiger partial charge in [-0.2, -0.15) is 13.2 Å². The SMILES string of the molecule is Cc1ccc2nc(Nc3c(Cl)cc(NS(=O)(=O)c4ccc(C(F)(F)F)cc4Cl)cc3Cl)sc2c1. The molecule has 1 aromatic heterocycles. The lowest BCUT2D eigenvalue weighted by molar-refractivity contribution is -0.137. The lowest BCUT2D eigenvalue weighted by Gasteiger charge is -2.14. The molecule has 13 heteroatoms. The number of anilines is 3. The van der Waals surface area contributed by atoms with Crippen LogP contribution in [0.2, 0.25) is 15.1 Å². The first kappa shape index (κ1) is 24.9. The maximum absolute atomic E-state index is 12.8. The van der Waals surface area contributed by atoms with E-state index in [-0.39, 0.29) is 15.7 Å². The number of hydrogen-bond donors (Lipinski definition) is 2.